The Balaban J connectivity index is 2.26. The third kappa shape index (κ3) is 3.83. The molecule has 0 radical (unpaired) electrons. The van der Waals surface area contributed by atoms with E-state index < -0.39 is 5.97 Å². The van der Waals surface area contributed by atoms with E-state index >= 15 is 0 Å². The van der Waals surface area contributed by atoms with Gasteiger partial charge in [0.15, 0.2) is 0 Å². The first kappa shape index (κ1) is 11.1. The molecular formula is C11H14O2S. The van der Waals surface area contributed by atoms with Crippen molar-refractivity contribution in [2.24, 2.45) is 5.92 Å². The average molecular weight is 210 g/mol. The summed E-state index contributed by atoms with van der Waals surface area (Å²) in [5, 5.41) is 8.67. The number of thioether (sulfide) groups is 1. The van der Waals surface area contributed by atoms with Gasteiger partial charge in [0.1, 0.15) is 0 Å². The second-order valence-electron chi connectivity index (χ2n) is 3.19. The van der Waals surface area contributed by atoms with Crippen molar-refractivity contribution in [1.29, 1.82) is 0 Å². The fraction of sp³-hybridized carbons (Fsp3) is 0.364. The van der Waals surface area contributed by atoms with Crippen molar-refractivity contribution < 1.29 is 9.90 Å². The number of carboxylic acid groups (broad SMARTS) is 1. The fourth-order valence-electron chi connectivity index (χ4n) is 0.994. The molecule has 0 heterocycles. The topological polar surface area (TPSA) is 37.3 Å². The minimum Gasteiger partial charge on any atom is -0.481 e. The molecule has 1 N–H and O–H groups in total. The van der Waals surface area contributed by atoms with E-state index in [0.717, 1.165) is 12.2 Å². The Bertz CT molecular complexity index is 285. The van der Waals surface area contributed by atoms with Crippen molar-refractivity contribution in [1.82, 2.24) is 0 Å². The van der Waals surface area contributed by atoms with Gasteiger partial charge in [-0.1, -0.05) is 25.1 Å². The maximum atomic E-state index is 10.5. The molecule has 0 amide bonds. The Hall–Kier alpha value is -0.960. The highest BCUT2D eigenvalue weighted by atomic mass is 32.2. The van der Waals surface area contributed by atoms with Gasteiger partial charge >= 0.3 is 5.97 Å². The minimum absolute atomic E-state index is 0.244. The number of carboxylic acids is 1. The standard InChI is InChI=1S/C11H14O2S/c1-9(11(12)13)7-8-14-10-5-3-2-4-6-10/h2-6,9H,7-8H2,1H3,(H,12,13). The molecule has 0 spiro atoms. The molecule has 76 valence electrons. The van der Waals surface area contributed by atoms with Crippen molar-refractivity contribution >= 4 is 17.7 Å². The molecule has 0 saturated carbocycles. The number of carbonyl (C=O) groups is 1. The Morgan fingerprint density at radius 3 is 2.64 bits per heavy atom. The van der Waals surface area contributed by atoms with Crippen LogP contribution >= 0.6 is 11.8 Å². The highest BCUT2D eigenvalue weighted by Gasteiger charge is 2.09. The maximum absolute atomic E-state index is 10.5. The Morgan fingerprint density at radius 2 is 2.07 bits per heavy atom. The molecule has 14 heavy (non-hydrogen) atoms. The number of hydrogen-bond donors (Lipinski definition) is 1. The van der Waals surface area contributed by atoms with E-state index in [0.29, 0.717) is 0 Å². The molecule has 1 rings (SSSR count). The molecule has 0 aliphatic rings. The van der Waals surface area contributed by atoms with E-state index in [1.165, 1.54) is 4.90 Å². The lowest BCUT2D eigenvalue weighted by Gasteiger charge is -2.05. The van der Waals surface area contributed by atoms with Gasteiger partial charge in [-0.2, -0.15) is 0 Å². The van der Waals surface area contributed by atoms with Crippen LogP contribution in [0.3, 0.4) is 0 Å². The van der Waals surface area contributed by atoms with E-state index in [1.807, 2.05) is 30.3 Å². The number of hydrogen-bond acceptors (Lipinski definition) is 2. The quantitative estimate of drug-likeness (QED) is 0.759. The Labute approximate surface area is 88.3 Å². The van der Waals surface area contributed by atoms with Crippen molar-refractivity contribution in [2.45, 2.75) is 18.2 Å². The zero-order valence-electron chi connectivity index (χ0n) is 8.14. The predicted octanol–water partition coefficient (Wildman–Crippen LogP) is 2.89. The van der Waals surface area contributed by atoms with Crippen LogP contribution in [0.4, 0.5) is 0 Å². The number of benzene rings is 1. The molecule has 0 aliphatic heterocycles. The van der Waals surface area contributed by atoms with E-state index in [1.54, 1.807) is 18.7 Å². The first-order valence-electron chi connectivity index (χ1n) is 4.61. The van der Waals surface area contributed by atoms with Crippen LogP contribution in [-0.4, -0.2) is 16.8 Å². The first-order valence-corrected chi connectivity index (χ1v) is 5.59. The van der Waals surface area contributed by atoms with Gasteiger partial charge in [0, 0.05) is 4.90 Å². The summed E-state index contributed by atoms with van der Waals surface area (Å²) in [5.41, 5.74) is 0. The van der Waals surface area contributed by atoms with Crippen LogP contribution in [-0.2, 0) is 4.79 Å². The van der Waals surface area contributed by atoms with Crippen LogP contribution in [0.15, 0.2) is 35.2 Å². The van der Waals surface area contributed by atoms with Crippen LogP contribution in [0.25, 0.3) is 0 Å². The van der Waals surface area contributed by atoms with Gasteiger partial charge in [0.25, 0.3) is 0 Å². The summed E-state index contributed by atoms with van der Waals surface area (Å²) in [7, 11) is 0. The van der Waals surface area contributed by atoms with Gasteiger partial charge in [-0.15, -0.1) is 11.8 Å². The summed E-state index contributed by atoms with van der Waals surface area (Å²) in [6, 6.07) is 10.0. The zero-order chi connectivity index (χ0) is 10.4. The SMILES string of the molecule is CC(CCSc1ccccc1)C(=O)O. The zero-order valence-corrected chi connectivity index (χ0v) is 8.96. The maximum Gasteiger partial charge on any atom is 0.306 e. The Morgan fingerprint density at radius 1 is 1.43 bits per heavy atom. The molecule has 0 fully saturated rings. The molecule has 3 heteroatoms. The summed E-state index contributed by atoms with van der Waals surface area (Å²) in [6.45, 7) is 1.74. The molecule has 1 atom stereocenters. The van der Waals surface area contributed by atoms with E-state index in [9.17, 15) is 4.79 Å². The van der Waals surface area contributed by atoms with Gasteiger partial charge in [-0.25, -0.2) is 0 Å². The van der Waals surface area contributed by atoms with Crippen molar-refractivity contribution in [3.8, 4) is 0 Å². The molecule has 1 aromatic carbocycles. The van der Waals surface area contributed by atoms with E-state index in [-0.39, 0.29) is 5.92 Å². The second-order valence-corrected chi connectivity index (χ2v) is 4.36. The predicted molar refractivity (Wildman–Crippen MR) is 58.6 cm³/mol. The third-order valence-corrected chi connectivity index (χ3v) is 3.03. The molecule has 0 aliphatic carbocycles. The van der Waals surface area contributed by atoms with E-state index in [2.05, 4.69) is 0 Å². The molecule has 1 aromatic rings. The summed E-state index contributed by atoms with van der Waals surface area (Å²) in [4.78, 5) is 11.7. The van der Waals surface area contributed by atoms with E-state index in [4.69, 9.17) is 5.11 Å². The monoisotopic (exact) mass is 210 g/mol. The lowest BCUT2D eigenvalue weighted by molar-refractivity contribution is -0.141. The molecule has 1 unspecified atom stereocenters. The largest absolute Gasteiger partial charge is 0.481 e. The van der Waals surface area contributed by atoms with Crippen LogP contribution in [0.5, 0.6) is 0 Å². The van der Waals surface area contributed by atoms with Gasteiger partial charge in [-0.05, 0) is 24.3 Å². The normalized spacial score (nSPS) is 12.4. The molecule has 2 nitrogen and oxygen atoms in total. The fourth-order valence-corrected chi connectivity index (χ4v) is 2.05. The van der Waals surface area contributed by atoms with Crippen molar-refractivity contribution in [3.05, 3.63) is 30.3 Å². The van der Waals surface area contributed by atoms with Crippen molar-refractivity contribution in [2.75, 3.05) is 5.75 Å². The number of aliphatic carboxylic acids is 1. The molecule has 0 saturated heterocycles. The molecule has 0 bridgehead atoms. The van der Waals surface area contributed by atoms with Crippen molar-refractivity contribution in [3.63, 3.8) is 0 Å². The number of rotatable bonds is 5. The minimum atomic E-state index is -0.710. The van der Waals surface area contributed by atoms with Gasteiger partial charge in [0.05, 0.1) is 5.92 Å². The van der Waals surface area contributed by atoms with Gasteiger partial charge < -0.3 is 5.11 Å². The lowest BCUT2D eigenvalue weighted by atomic mass is 10.1. The third-order valence-electron chi connectivity index (χ3n) is 1.98. The lowest BCUT2D eigenvalue weighted by Crippen LogP contribution is -2.09. The van der Waals surface area contributed by atoms with Gasteiger partial charge in [0.2, 0.25) is 0 Å². The summed E-state index contributed by atoms with van der Waals surface area (Å²) in [5.74, 6) is -0.0952. The molecular weight excluding hydrogens is 196 g/mol. The summed E-state index contributed by atoms with van der Waals surface area (Å²) >= 11 is 1.70. The first-order chi connectivity index (χ1) is 6.70. The average Bonchev–Trinajstić information content (AvgIpc) is 2.19. The van der Waals surface area contributed by atoms with Crippen LogP contribution in [0.2, 0.25) is 0 Å². The summed E-state index contributed by atoms with van der Waals surface area (Å²) < 4.78 is 0. The highest BCUT2D eigenvalue weighted by molar-refractivity contribution is 7.99. The van der Waals surface area contributed by atoms with Crippen LogP contribution in [0, 0.1) is 5.92 Å². The second kappa shape index (κ2) is 5.70. The van der Waals surface area contributed by atoms with Crippen LogP contribution in [0.1, 0.15) is 13.3 Å². The smallest absolute Gasteiger partial charge is 0.306 e. The van der Waals surface area contributed by atoms with Crippen LogP contribution < -0.4 is 0 Å². The van der Waals surface area contributed by atoms with Gasteiger partial charge in [-0.3, -0.25) is 4.79 Å². The molecule has 0 aromatic heterocycles. The summed E-state index contributed by atoms with van der Waals surface area (Å²) in [6.07, 6.45) is 0.717. The Kier molecular flexibility index (Phi) is 4.53. The highest BCUT2D eigenvalue weighted by Crippen LogP contribution is 2.19.